The molecule has 0 fully saturated rings. The van der Waals surface area contributed by atoms with Crippen LogP contribution in [0.1, 0.15) is 11.1 Å². The predicted molar refractivity (Wildman–Crippen MR) is 79.7 cm³/mol. The van der Waals surface area contributed by atoms with Crippen molar-refractivity contribution in [3.8, 4) is 0 Å². The molecular weight excluding hydrogens is 289 g/mol. The molecular formula is C14H11Cl3N. The average molecular weight is 300 g/mol. The number of para-hydroxylation sites is 1. The highest BCUT2D eigenvalue weighted by Crippen LogP contribution is 2.33. The summed E-state index contributed by atoms with van der Waals surface area (Å²) in [5, 5.41) is 4.60. The molecule has 1 radical (unpaired) electrons. The molecule has 0 aliphatic heterocycles. The molecule has 2 rings (SSSR count). The maximum atomic E-state index is 6.13. The number of halogens is 3. The van der Waals surface area contributed by atoms with Gasteiger partial charge in [-0.3, -0.25) is 0 Å². The van der Waals surface area contributed by atoms with E-state index in [1.807, 2.05) is 30.3 Å². The third-order valence-corrected chi connectivity index (χ3v) is 3.93. The molecule has 0 amide bonds. The molecule has 0 unspecified atom stereocenters. The lowest BCUT2D eigenvalue weighted by atomic mass is 10.2. The Morgan fingerprint density at radius 2 is 1.67 bits per heavy atom. The van der Waals surface area contributed by atoms with Gasteiger partial charge in [0, 0.05) is 12.2 Å². The molecule has 0 saturated heterocycles. The van der Waals surface area contributed by atoms with Crippen LogP contribution in [-0.2, 0) is 6.54 Å². The zero-order valence-corrected chi connectivity index (χ0v) is 11.8. The van der Waals surface area contributed by atoms with Gasteiger partial charge in [-0.2, -0.15) is 0 Å². The second-order valence-corrected chi connectivity index (χ2v) is 5.01. The Morgan fingerprint density at radius 3 is 2.39 bits per heavy atom. The molecule has 93 valence electrons. The van der Waals surface area contributed by atoms with E-state index >= 15 is 0 Å². The van der Waals surface area contributed by atoms with Crippen LogP contribution < -0.4 is 5.32 Å². The van der Waals surface area contributed by atoms with Gasteiger partial charge in [0.15, 0.2) is 0 Å². The van der Waals surface area contributed by atoms with E-state index in [2.05, 4.69) is 12.2 Å². The molecule has 2 aromatic rings. The Kier molecular flexibility index (Phi) is 4.39. The first-order valence-corrected chi connectivity index (χ1v) is 6.50. The normalized spacial score (nSPS) is 10.4. The van der Waals surface area contributed by atoms with E-state index in [1.54, 1.807) is 6.07 Å². The molecule has 1 N–H and O–H groups in total. The van der Waals surface area contributed by atoms with Crippen molar-refractivity contribution in [2.75, 3.05) is 5.32 Å². The van der Waals surface area contributed by atoms with Gasteiger partial charge < -0.3 is 5.32 Å². The second-order valence-electron chi connectivity index (χ2n) is 3.85. The number of hydrogen-bond acceptors (Lipinski definition) is 1. The summed E-state index contributed by atoms with van der Waals surface area (Å²) in [4.78, 5) is 0. The topological polar surface area (TPSA) is 12.0 Å². The van der Waals surface area contributed by atoms with Crippen LogP contribution in [0.25, 0.3) is 0 Å². The minimum absolute atomic E-state index is 0.389. The van der Waals surface area contributed by atoms with E-state index in [4.69, 9.17) is 34.8 Å². The summed E-state index contributed by atoms with van der Waals surface area (Å²) in [6.45, 7) is 4.52. The summed E-state index contributed by atoms with van der Waals surface area (Å²) in [5.41, 5.74) is 2.81. The minimum atomic E-state index is 0.389. The molecule has 0 spiro atoms. The van der Waals surface area contributed by atoms with Crippen LogP contribution in [0.15, 0.2) is 36.4 Å². The highest BCUT2D eigenvalue weighted by molar-refractivity contribution is 6.48. The SMILES string of the molecule is [CH2]c1ccccc1NCc1ccc(Cl)c(Cl)c1Cl. The van der Waals surface area contributed by atoms with Crippen LogP contribution in [0.3, 0.4) is 0 Å². The summed E-state index contributed by atoms with van der Waals surface area (Å²) in [6.07, 6.45) is 0. The number of nitrogens with one attached hydrogen (secondary N) is 1. The van der Waals surface area contributed by atoms with Crippen molar-refractivity contribution < 1.29 is 0 Å². The Hall–Kier alpha value is -0.890. The largest absolute Gasteiger partial charge is 0.381 e. The van der Waals surface area contributed by atoms with Crippen LogP contribution in [0.2, 0.25) is 15.1 Å². The molecule has 0 aromatic heterocycles. The number of anilines is 1. The van der Waals surface area contributed by atoms with E-state index in [0.29, 0.717) is 21.6 Å². The van der Waals surface area contributed by atoms with Crippen molar-refractivity contribution in [3.05, 3.63) is 69.5 Å². The predicted octanol–water partition coefficient (Wildman–Crippen LogP) is 5.44. The van der Waals surface area contributed by atoms with Crippen molar-refractivity contribution in [1.29, 1.82) is 0 Å². The van der Waals surface area contributed by atoms with Gasteiger partial charge in [-0.1, -0.05) is 59.1 Å². The molecule has 0 aliphatic carbocycles. The highest BCUT2D eigenvalue weighted by Gasteiger charge is 2.08. The van der Waals surface area contributed by atoms with Crippen molar-refractivity contribution in [2.24, 2.45) is 0 Å². The Balaban J connectivity index is 2.17. The zero-order valence-electron chi connectivity index (χ0n) is 9.51. The fourth-order valence-electron chi connectivity index (χ4n) is 1.59. The summed E-state index contributed by atoms with van der Waals surface area (Å²) >= 11 is 18.0. The lowest BCUT2D eigenvalue weighted by Gasteiger charge is -2.11. The van der Waals surface area contributed by atoms with Gasteiger partial charge in [0.1, 0.15) is 0 Å². The first-order valence-electron chi connectivity index (χ1n) is 5.37. The van der Waals surface area contributed by atoms with Gasteiger partial charge >= 0.3 is 0 Å². The number of benzene rings is 2. The van der Waals surface area contributed by atoms with Gasteiger partial charge in [0.05, 0.1) is 15.1 Å². The first-order chi connectivity index (χ1) is 8.59. The third kappa shape index (κ3) is 2.92. The first kappa shape index (κ1) is 13.5. The van der Waals surface area contributed by atoms with E-state index in [1.165, 1.54) is 0 Å². The quantitative estimate of drug-likeness (QED) is 0.744. The highest BCUT2D eigenvalue weighted by atomic mass is 35.5. The van der Waals surface area contributed by atoms with E-state index in [-0.39, 0.29) is 0 Å². The maximum Gasteiger partial charge on any atom is 0.0781 e. The fraction of sp³-hybridized carbons (Fsp3) is 0.0714. The Bertz CT molecular complexity index is 567. The molecule has 18 heavy (non-hydrogen) atoms. The van der Waals surface area contributed by atoms with Crippen molar-refractivity contribution in [2.45, 2.75) is 6.54 Å². The Labute approximate surface area is 122 Å². The van der Waals surface area contributed by atoms with Crippen molar-refractivity contribution >= 4 is 40.5 Å². The summed E-state index contributed by atoms with van der Waals surface area (Å²) in [5.74, 6) is 0. The van der Waals surface area contributed by atoms with E-state index < -0.39 is 0 Å². The average Bonchev–Trinajstić information content (AvgIpc) is 2.37. The Morgan fingerprint density at radius 1 is 0.944 bits per heavy atom. The zero-order chi connectivity index (χ0) is 13.1. The molecule has 2 aromatic carbocycles. The third-order valence-electron chi connectivity index (χ3n) is 2.60. The maximum absolute atomic E-state index is 6.13. The monoisotopic (exact) mass is 298 g/mol. The number of hydrogen-bond donors (Lipinski definition) is 1. The van der Waals surface area contributed by atoms with Crippen LogP contribution in [0.4, 0.5) is 5.69 Å². The summed E-state index contributed by atoms with van der Waals surface area (Å²) < 4.78 is 0. The van der Waals surface area contributed by atoms with Gasteiger partial charge in [-0.25, -0.2) is 0 Å². The fourth-order valence-corrected chi connectivity index (χ4v) is 2.21. The van der Waals surface area contributed by atoms with Gasteiger partial charge in [-0.15, -0.1) is 0 Å². The summed E-state index contributed by atoms with van der Waals surface area (Å²) in [6, 6.07) is 11.4. The van der Waals surface area contributed by atoms with Crippen LogP contribution >= 0.6 is 34.8 Å². The van der Waals surface area contributed by atoms with Gasteiger partial charge in [0.25, 0.3) is 0 Å². The van der Waals surface area contributed by atoms with Gasteiger partial charge in [-0.05, 0) is 30.2 Å². The van der Waals surface area contributed by atoms with Gasteiger partial charge in [0.2, 0.25) is 0 Å². The molecule has 0 bridgehead atoms. The van der Waals surface area contributed by atoms with Crippen LogP contribution in [0.5, 0.6) is 0 Å². The lowest BCUT2D eigenvalue weighted by Crippen LogP contribution is -2.01. The second kappa shape index (κ2) is 5.83. The van der Waals surface area contributed by atoms with Crippen molar-refractivity contribution in [3.63, 3.8) is 0 Å². The standard InChI is InChI=1S/C14H11Cl3N/c1-9-4-2-3-5-12(9)18-8-10-6-7-11(15)14(17)13(10)16/h2-7,18H,1,8H2. The number of rotatable bonds is 3. The molecule has 0 aliphatic rings. The minimum Gasteiger partial charge on any atom is -0.381 e. The van der Waals surface area contributed by atoms with Crippen LogP contribution in [-0.4, -0.2) is 0 Å². The molecule has 1 nitrogen and oxygen atoms in total. The molecule has 0 saturated carbocycles. The lowest BCUT2D eigenvalue weighted by molar-refractivity contribution is 1.15. The molecule has 4 heteroatoms. The molecule has 0 atom stereocenters. The van der Waals surface area contributed by atoms with E-state index in [9.17, 15) is 0 Å². The molecule has 0 heterocycles. The van der Waals surface area contributed by atoms with Crippen molar-refractivity contribution in [1.82, 2.24) is 0 Å². The smallest absolute Gasteiger partial charge is 0.0781 e. The summed E-state index contributed by atoms with van der Waals surface area (Å²) in [7, 11) is 0. The van der Waals surface area contributed by atoms with Crippen LogP contribution in [0, 0.1) is 6.92 Å². The van der Waals surface area contributed by atoms with E-state index in [0.717, 1.165) is 16.8 Å².